The van der Waals surface area contributed by atoms with Gasteiger partial charge in [0, 0.05) is 23.0 Å². The van der Waals surface area contributed by atoms with E-state index in [4.69, 9.17) is 26.3 Å². The van der Waals surface area contributed by atoms with Crippen LogP contribution >= 0.6 is 11.6 Å². The first kappa shape index (κ1) is 33.4. The third kappa shape index (κ3) is 8.07. The van der Waals surface area contributed by atoms with Crippen molar-refractivity contribution >= 4 is 40.0 Å². The summed E-state index contributed by atoms with van der Waals surface area (Å²) in [4.78, 5) is 46.7. The maximum absolute atomic E-state index is 14.3. The molecule has 1 fully saturated rings. The molecular weight excluding hydrogens is 630 g/mol. The fourth-order valence-corrected chi connectivity index (χ4v) is 7.09. The molecule has 10 nitrogen and oxygen atoms in total. The van der Waals surface area contributed by atoms with Gasteiger partial charge in [-0.25, -0.2) is 5.48 Å². The van der Waals surface area contributed by atoms with E-state index in [9.17, 15) is 18.6 Å². The molecule has 3 aromatic rings. The van der Waals surface area contributed by atoms with Gasteiger partial charge in [0.1, 0.15) is 5.75 Å². The fraction of sp³-hybridized carbons (Fsp3) is 0.382. The molecule has 0 radical (unpaired) electrons. The van der Waals surface area contributed by atoms with E-state index in [1.54, 1.807) is 53.4 Å². The number of amides is 2. The molecule has 2 amide bonds. The summed E-state index contributed by atoms with van der Waals surface area (Å²) in [5, 5.41) is 9.36. The lowest BCUT2D eigenvalue weighted by Crippen LogP contribution is -2.55. The standard InChI is InChI=1S/C34H37ClN3O7S/c1-46(43)37-28-12-4-5-13-29(28)38-32(23-15-17-24(35)18-16-23)31(26-10-2-3-11-27(26)34(38)42)33(41)36-45-21-22-8-6-9-25(20-22)44-19-7-14-30(39)40/h2-3,6,8-11,15-18,20,28-29,31-32H,4-5,7,12-14,19,21H2,1H3,(H,36,41)(H,39,40)/q-1/t28-,29?,31+,32-/m0/s1. The Morgan fingerprint density at radius 3 is 2.59 bits per heavy atom. The van der Waals surface area contributed by atoms with Crippen molar-refractivity contribution in [1.82, 2.24) is 10.4 Å². The molecule has 1 heterocycles. The zero-order valence-electron chi connectivity index (χ0n) is 25.5. The molecule has 1 unspecified atom stereocenters. The normalized spacial score (nSPS) is 21.8. The lowest BCUT2D eigenvalue weighted by atomic mass is 9.76. The van der Waals surface area contributed by atoms with Gasteiger partial charge in [-0.1, -0.05) is 66.9 Å². The molecule has 1 aliphatic heterocycles. The molecule has 12 heteroatoms. The van der Waals surface area contributed by atoms with Crippen molar-refractivity contribution in [1.29, 1.82) is 0 Å². The molecule has 5 rings (SSSR count). The second kappa shape index (κ2) is 15.6. The van der Waals surface area contributed by atoms with Crippen LogP contribution in [0.2, 0.25) is 5.02 Å². The highest BCUT2D eigenvalue weighted by atomic mass is 35.5. The number of halogens is 1. The van der Waals surface area contributed by atoms with Crippen molar-refractivity contribution in [3.63, 3.8) is 0 Å². The first-order chi connectivity index (χ1) is 22.2. The van der Waals surface area contributed by atoms with Crippen LogP contribution in [0.1, 0.15) is 77.5 Å². The largest absolute Gasteiger partial charge is 0.494 e. The topological polar surface area (TPSA) is 135 Å². The number of carbonyl (C=O) groups is 3. The maximum atomic E-state index is 14.3. The Balaban J connectivity index is 1.43. The lowest BCUT2D eigenvalue weighted by Gasteiger charge is -2.48. The number of carboxylic acids is 1. The van der Waals surface area contributed by atoms with Crippen LogP contribution in [0.5, 0.6) is 5.75 Å². The van der Waals surface area contributed by atoms with E-state index in [-0.39, 0.29) is 37.6 Å². The monoisotopic (exact) mass is 666 g/mol. The molecule has 3 aromatic carbocycles. The zero-order valence-corrected chi connectivity index (χ0v) is 27.0. The quantitative estimate of drug-likeness (QED) is 0.134. The summed E-state index contributed by atoms with van der Waals surface area (Å²) in [6.45, 7) is 0.311. The SMILES string of the molecule is C[S-](=O)=N[C@H]1CCCCC1N1C(=O)c2ccccc2[C@@H](C(=O)NOCc2cccc(OCCCC(=O)O)c2)[C@@H]1c1ccc(Cl)cc1. The molecule has 1 aliphatic carbocycles. The van der Waals surface area contributed by atoms with Gasteiger partial charge in [0.2, 0.25) is 0 Å². The molecule has 0 bridgehead atoms. The molecular formula is C34H37ClN3O7S-. The molecule has 0 aromatic heterocycles. The number of aliphatic carboxylic acids is 1. The Morgan fingerprint density at radius 1 is 1.07 bits per heavy atom. The number of hydroxylamine groups is 1. The number of carbonyl (C=O) groups excluding carboxylic acids is 2. The fourth-order valence-electron chi connectivity index (χ4n) is 6.34. The molecule has 0 spiro atoms. The number of fused-ring (bicyclic) bond motifs is 1. The lowest BCUT2D eigenvalue weighted by molar-refractivity contribution is -0.138. The third-order valence-electron chi connectivity index (χ3n) is 8.32. The Kier molecular flexibility index (Phi) is 11.3. The van der Waals surface area contributed by atoms with Gasteiger partial charge in [-0.2, -0.15) is 10.6 Å². The van der Waals surface area contributed by atoms with Gasteiger partial charge in [0.05, 0.1) is 31.2 Å². The average Bonchev–Trinajstić information content (AvgIpc) is 3.04. The summed E-state index contributed by atoms with van der Waals surface area (Å²) in [5.74, 6) is -1.76. The van der Waals surface area contributed by atoms with E-state index < -0.39 is 34.4 Å². The highest BCUT2D eigenvalue weighted by Crippen LogP contribution is 2.46. The van der Waals surface area contributed by atoms with Crippen LogP contribution in [-0.4, -0.2) is 52.7 Å². The number of nitrogens with zero attached hydrogens (tertiary/aromatic N) is 2. The first-order valence-corrected chi connectivity index (χ1v) is 17.2. The van der Waals surface area contributed by atoms with Crippen LogP contribution in [0.4, 0.5) is 0 Å². The highest BCUT2D eigenvalue weighted by Gasteiger charge is 2.48. The minimum atomic E-state index is -1.41. The predicted molar refractivity (Wildman–Crippen MR) is 174 cm³/mol. The summed E-state index contributed by atoms with van der Waals surface area (Å²) in [6, 6.07) is 20.0. The van der Waals surface area contributed by atoms with Gasteiger partial charge in [-0.3, -0.25) is 19.2 Å². The number of benzene rings is 3. The van der Waals surface area contributed by atoms with E-state index in [2.05, 4.69) is 9.84 Å². The van der Waals surface area contributed by atoms with Crippen LogP contribution in [0, 0.1) is 0 Å². The van der Waals surface area contributed by atoms with Gasteiger partial charge in [0.25, 0.3) is 11.8 Å². The summed E-state index contributed by atoms with van der Waals surface area (Å²) in [5.41, 5.74) is 5.14. The summed E-state index contributed by atoms with van der Waals surface area (Å²) in [6.07, 6.45) is 5.11. The molecule has 2 aliphatic rings. The first-order valence-electron chi connectivity index (χ1n) is 15.3. The van der Waals surface area contributed by atoms with E-state index >= 15 is 0 Å². The van der Waals surface area contributed by atoms with Gasteiger partial charge < -0.3 is 23.3 Å². The summed E-state index contributed by atoms with van der Waals surface area (Å²) in [7, 11) is -1.41. The zero-order chi connectivity index (χ0) is 32.6. The van der Waals surface area contributed by atoms with Crippen molar-refractivity contribution in [2.24, 2.45) is 4.36 Å². The number of carboxylic acid groups (broad SMARTS) is 1. The van der Waals surface area contributed by atoms with Crippen LogP contribution < -0.4 is 10.2 Å². The molecule has 46 heavy (non-hydrogen) atoms. The maximum Gasteiger partial charge on any atom is 0.303 e. The van der Waals surface area contributed by atoms with Crippen molar-refractivity contribution in [2.45, 2.75) is 69.2 Å². The van der Waals surface area contributed by atoms with Crippen LogP contribution in [0.15, 0.2) is 77.2 Å². The van der Waals surface area contributed by atoms with Crippen molar-refractivity contribution in [3.05, 3.63) is 100 Å². The number of hydrogen-bond donors (Lipinski definition) is 2. The van der Waals surface area contributed by atoms with Crippen molar-refractivity contribution in [3.8, 4) is 5.75 Å². The van der Waals surface area contributed by atoms with Gasteiger partial charge in [-0.05, 0) is 66.3 Å². The Morgan fingerprint density at radius 2 is 1.83 bits per heavy atom. The summed E-state index contributed by atoms with van der Waals surface area (Å²) < 4.78 is 22.4. The second-order valence-corrected chi connectivity index (χ2v) is 13.0. The van der Waals surface area contributed by atoms with Crippen molar-refractivity contribution in [2.75, 3.05) is 12.9 Å². The summed E-state index contributed by atoms with van der Waals surface area (Å²) >= 11 is 6.25. The minimum Gasteiger partial charge on any atom is -0.494 e. The number of nitrogens with one attached hydrogen (secondary N) is 1. The van der Waals surface area contributed by atoms with Crippen LogP contribution in [0.25, 0.3) is 0 Å². The van der Waals surface area contributed by atoms with E-state index in [1.807, 2.05) is 24.3 Å². The molecule has 0 saturated heterocycles. The van der Waals surface area contributed by atoms with Gasteiger partial charge in [0.15, 0.2) is 0 Å². The highest BCUT2D eigenvalue weighted by molar-refractivity contribution is 7.74. The number of ether oxygens (including phenoxy) is 1. The predicted octanol–water partition coefficient (Wildman–Crippen LogP) is 6.20. The average molecular weight is 667 g/mol. The Labute approximate surface area is 275 Å². The third-order valence-corrected chi connectivity index (χ3v) is 9.14. The Bertz CT molecular complexity index is 1640. The van der Waals surface area contributed by atoms with Gasteiger partial charge >= 0.3 is 5.97 Å². The van der Waals surface area contributed by atoms with Gasteiger partial charge in [-0.15, -0.1) is 6.26 Å². The number of rotatable bonds is 12. The Hall–Kier alpha value is -3.93. The van der Waals surface area contributed by atoms with E-state index in [0.717, 1.165) is 24.0 Å². The second-order valence-electron chi connectivity index (χ2n) is 11.5. The van der Waals surface area contributed by atoms with Crippen LogP contribution in [0.3, 0.4) is 0 Å². The van der Waals surface area contributed by atoms with Crippen LogP contribution in [-0.2, 0) is 35.8 Å². The molecule has 4 atom stereocenters. The van der Waals surface area contributed by atoms with Crippen molar-refractivity contribution < 1.29 is 33.3 Å². The van der Waals surface area contributed by atoms with E-state index in [0.29, 0.717) is 41.2 Å². The number of hydrogen-bond acceptors (Lipinski definition) is 8. The van der Waals surface area contributed by atoms with E-state index in [1.165, 1.54) is 6.26 Å². The molecule has 244 valence electrons. The molecule has 1 saturated carbocycles. The minimum absolute atomic E-state index is 0.0213. The molecule has 2 N–H and O–H groups in total. The smallest absolute Gasteiger partial charge is 0.303 e.